The van der Waals surface area contributed by atoms with E-state index in [1.165, 1.54) is 18.8 Å². The van der Waals surface area contributed by atoms with Gasteiger partial charge in [-0.3, -0.25) is 0 Å². The summed E-state index contributed by atoms with van der Waals surface area (Å²) in [5.74, 6) is 4.69. The average Bonchev–Trinajstić information content (AvgIpc) is 2.86. The Balaban J connectivity index is 1.69. The Kier molecular flexibility index (Phi) is 2.53. The maximum absolute atomic E-state index is 5.29. The van der Waals surface area contributed by atoms with Crippen LogP contribution in [0.2, 0.25) is 0 Å². The van der Waals surface area contributed by atoms with Crippen LogP contribution in [0.1, 0.15) is 13.8 Å². The van der Waals surface area contributed by atoms with Crippen LogP contribution in [0.3, 0.4) is 0 Å². The Hall–Kier alpha value is -1.18. The second-order valence-electron chi connectivity index (χ2n) is 5.76. The highest BCUT2D eigenvalue weighted by atomic mass is 16.5. The number of benzene rings is 1. The molecule has 0 N–H and O–H groups in total. The van der Waals surface area contributed by atoms with Gasteiger partial charge in [0.05, 0.1) is 7.11 Å². The smallest absolute Gasteiger partial charge is 0.120 e. The summed E-state index contributed by atoms with van der Waals surface area (Å²) in [7, 11) is 1.73. The van der Waals surface area contributed by atoms with Crippen molar-refractivity contribution in [2.24, 2.45) is 23.7 Å². The second-order valence-corrected chi connectivity index (χ2v) is 5.76. The fourth-order valence-electron chi connectivity index (χ4n) is 3.58. The summed E-state index contributed by atoms with van der Waals surface area (Å²) < 4.78 is 5.29. The minimum Gasteiger partial charge on any atom is -0.497 e. The van der Waals surface area contributed by atoms with Gasteiger partial charge in [0.2, 0.25) is 0 Å². The summed E-state index contributed by atoms with van der Waals surface area (Å²) in [6.07, 6.45) is 0. The van der Waals surface area contributed by atoms with Gasteiger partial charge >= 0.3 is 0 Å². The molecular formula is C15H21NO. The van der Waals surface area contributed by atoms with Gasteiger partial charge in [0, 0.05) is 24.8 Å². The zero-order valence-corrected chi connectivity index (χ0v) is 10.9. The van der Waals surface area contributed by atoms with Gasteiger partial charge in [-0.1, -0.05) is 19.9 Å². The first-order valence-electron chi connectivity index (χ1n) is 6.59. The molecule has 2 nitrogen and oxygen atoms in total. The van der Waals surface area contributed by atoms with Gasteiger partial charge in [0.25, 0.3) is 0 Å². The SMILES string of the molecule is COc1cccc(N2CC3C(C2)C3C(C)C)c1. The zero-order valence-electron chi connectivity index (χ0n) is 10.9. The van der Waals surface area contributed by atoms with E-state index in [4.69, 9.17) is 4.74 Å². The van der Waals surface area contributed by atoms with Crippen molar-refractivity contribution in [2.45, 2.75) is 13.8 Å². The van der Waals surface area contributed by atoms with Crippen molar-refractivity contribution < 1.29 is 4.74 Å². The van der Waals surface area contributed by atoms with Gasteiger partial charge in [-0.2, -0.15) is 0 Å². The lowest BCUT2D eigenvalue weighted by molar-refractivity contribution is 0.414. The maximum Gasteiger partial charge on any atom is 0.120 e. The van der Waals surface area contributed by atoms with Crippen molar-refractivity contribution >= 4 is 5.69 Å². The molecule has 0 bridgehead atoms. The van der Waals surface area contributed by atoms with Crippen molar-refractivity contribution in [2.75, 3.05) is 25.1 Å². The second kappa shape index (κ2) is 3.94. The number of nitrogens with zero attached hydrogens (tertiary/aromatic N) is 1. The average molecular weight is 231 g/mol. The minimum atomic E-state index is 0.859. The lowest BCUT2D eigenvalue weighted by atomic mass is 10.0. The Labute approximate surface area is 104 Å². The van der Waals surface area contributed by atoms with E-state index in [1.807, 2.05) is 6.07 Å². The number of hydrogen-bond acceptors (Lipinski definition) is 2. The van der Waals surface area contributed by atoms with Crippen molar-refractivity contribution in [1.29, 1.82) is 0 Å². The molecule has 1 aromatic rings. The third-order valence-corrected chi connectivity index (χ3v) is 4.45. The molecule has 2 unspecified atom stereocenters. The molecule has 1 aliphatic carbocycles. The predicted octanol–water partition coefficient (Wildman–Crippen LogP) is 3.03. The number of fused-ring (bicyclic) bond motifs is 1. The molecule has 17 heavy (non-hydrogen) atoms. The Morgan fingerprint density at radius 3 is 2.53 bits per heavy atom. The van der Waals surface area contributed by atoms with Crippen molar-refractivity contribution in [3.8, 4) is 5.75 Å². The molecule has 1 heterocycles. The highest BCUT2D eigenvalue weighted by Crippen LogP contribution is 2.56. The molecule has 2 atom stereocenters. The van der Waals surface area contributed by atoms with Crippen LogP contribution >= 0.6 is 0 Å². The van der Waals surface area contributed by atoms with Gasteiger partial charge in [-0.05, 0) is 35.8 Å². The molecule has 2 fully saturated rings. The summed E-state index contributed by atoms with van der Waals surface area (Å²) in [5, 5.41) is 0. The molecular weight excluding hydrogens is 210 g/mol. The lowest BCUT2D eigenvalue weighted by Crippen LogP contribution is -2.24. The molecule has 3 rings (SSSR count). The highest BCUT2D eigenvalue weighted by molar-refractivity contribution is 5.52. The number of hydrogen-bond donors (Lipinski definition) is 0. The van der Waals surface area contributed by atoms with Gasteiger partial charge in [0.1, 0.15) is 5.75 Å². The van der Waals surface area contributed by atoms with Crippen LogP contribution in [0.5, 0.6) is 5.75 Å². The largest absolute Gasteiger partial charge is 0.497 e. The number of ether oxygens (including phenoxy) is 1. The van der Waals surface area contributed by atoms with E-state index >= 15 is 0 Å². The number of methoxy groups -OCH3 is 1. The van der Waals surface area contributed by atoms with Crippen LogP contribution in [-0.2, 0) is 0 Å². The fourth-order valence-corrected chi connectivity index (χ4v) is 3.58. The monoisotopic (exact) mass is 231 g/mol. The van der Waals surface area contributed by atoms with Gasteiger partial charge in [0.15, 0.2) is 0 Å². The first-order valence-corrected chi connectivity index (χ1v) is 6.59. The normalized spacial score (nSPS) is 30.6. The van der Waals surface area contributed by atoms with Gasteiger partial charge < -0.3 is 9.64 Å². The van der Waals surface area contributed by atoms with E-state index in [1.54, 1.807) is 7.11 Å². The van der Waals surface area contributed by atoms with Crippen LogP contribution in [0.25, 0.3) is 0 Å². The lowest BCUT2D eigenvalue weighted by Gasteiger charge is -2.23. The molecule has 0 amide bonds. The first kappa shape index (κ1) is 10.9. The quantitative estimate of drug-likeness (QED) is 0.793. The van der Waals surface area contributed by atoms with E-state index in [-0.39, 0.29) is 0 Å². The van der Waals surface area contributed by atoms with E-state index in [0.717, 1.165) is 29.4 Å². The maximum atomic E-state index is 5.29. The van der Waals surface area contributed by atoms with E-state index in [0.29, 0.717) is 0 Å². The third-order valence-electron chi connectivity index (χ3n) is 4.45. The zero-order chi connectivity index (χ0) is 12.0. The molecule has 1 aromatic carbocycles. The number of anilines is 1. The molecule has 2 aliphatic rings. The standard InChI is InChI=1S/C15H21NO/c1-10(2)15-13-8-16(9-14(13)15)11-5-4-6-12(7-11)17-3/h4-7,10,13-15H,8-9H2,1-3H3. The Morgan fingerprint density at radius 1 is 1.24 bits per heavy atom. The number of rotatable bonds is 3. The molecule has 0 spiro atoms. The summed E-state index contributed by atoms with van der Waals surface area (Å²) in [5.41, 5.74) is 1.32. The minimum absolute atomic E-state index is 0.859. The third kappa shape index (κ3) is 1.80. The van der Waals surface area contributed by atoms with E-state index < -0.39 is 0 Å². The fraction of sp³-hybridized carbons (Fsp3) is 0.600. The highest BCUT2D eigenvalue weighted by Gasteiger charge is 2.56. The molecule has 2 heteroatoms. The topological polar surface area (TPSA) is 12.5 Å². The van der Waals surface area contributed by atoms with Crippen LogP contribution < -0.4 is 9.64 Å². The van der Waals surface area contributed by atoms with Crippen LogP contribution in [-0.4, -0.2) is 20.2 Å². The molecule has 1 saturated carbocycles. The van der Waals surface area contributed by atoms with Crippen molar-refractivity contribution in [3.63, 3.8) is 0 Å². The summed E-state index contributed by atoms with van der Waals surface area (Å²) >= 11 is 0. The van der Waals surface area contributed by atoms with Crippen molar-refractivity contribution in [3.05, 3.63) is 24.3 Å². The summed E-state index contributed by atoms with van der Waals surface area (Å²) in [6.45, 7) is 7.19. The van der Waals surface area contributed by atoms with Gasteiger partial charge in [-0.15, -0.1) is 0 Å². The number of piperidine rings is 1. The van der Waals surface area contributed by atoms with E-state index in [2.05, 4.69) is 36.9 Å². The Morgan fingerprint density at radius 2 is 1.94 bits per heavy atom. The van der Waals surface area contributed by atoms with Crippen LogP contribution in [0.4, 0.5) is 5.69 Å². The van der Waals surface area contributed by atoms with Crippen LogP contribution in [0.15, 0.2) is 24.3 Å². The molecule has 1 saturated heterocycles. The summed E-state index contributed by atoms with van der Waals surface area (Å²) in [6, 6.07) is 8.43. The Bertz CT molecular complexity index is 403. The molecule has 1 aliphatic heterocycles. The van der Waals surface area contributed by atoms with Crippen LogP contribution in [0, 0.1) is 23.7 Å². The predicted molar refractivity (Wildman–Crippen MR) is 70.5 cm³/mol. The molecule has 92 valence electrons. The van der Waals surface area contributed by atoms with Gasteiger partial charge in [-0.25, -0.2) is 0 Å². The van der Waals surface area contributed by atoms with E-state index in [9.17, 15) is 0 Å². The summed E-state index contributed by atoms with van der Waals surface area (Å²) in [4.78, 5) is 2.51. The molecule has 0 aromatic heterocycles. The molecule has 0 radical (unpaired) electrons. The van der Waals surface area contributed by atoms with Crippen molar-refractivity contribution in [1.82, 2.24) is 0 Å². The first-order chi connectivity index (χ1) is 8.20.